The second-order valence-corrected chi connectivity index (χ2v) is 14.0. The Morgan fingerprint density at radius 2 is 1.77 bits per heavy atom. The summed E-state index contributed by atoms with van der Waals surface area (Å²) in [7, 11) is -4.79. The number of primary amides is 1. The van der Waals surface area contributed by atoms with Crippen molar-refractivity contribution in [2.75, 3.05) is 19.6 Å². The number of sulfonamides is 1. The molecule has 0 bridgehead atoms. The summed E-state index contributed by atoms with van der Waals surface area (Å²) in [6, 6.07) is -0.375. The molecule has 1 aromatic heterocycles. The van der Waals surface area contributed by atoms with E-state index in [4.69, 9.17) is 28.9 Å². The number of nitrogens with one attached hydrogen (secondary N) is 2. The highest BCUT2D eigenvalue weighted by Crippen LogP contribution is 2.42. The number of benzene rings is 1. The SMILES string of the molecule is C[C@H](NS(=O)(=O)c1ccc(-c2sc(C(=O)NCCC(C)(C)C(N)=O)nc2C(=O)N2CCC(F)CC2)c(Cl)c1Cl)C(F)(F)F. The van der Waals surface area contributed by atoms with Gasteiger partial charge in [0.05, 0.1) is 14.9 Å². The number of carbonyl (C=O) groups is 3. The van der Waals surface area contributed by atoms with Gasteiger partial charge in [0.25, 0.3) is 11.8 Å². The van der Waals surface area contributed by atoms with Crippen LogP contribution in [0.25, 0.3) is 10.4 Å². The maximum absolute atomic E-state index is 13.7. The summed E-state index contributed by atoms with van der Waals surface area (Å²) in [5.74, 6) is -1.90. The van der Waals surface area contributed by atoms with Crippen molar-refractivity contribution in [1.29, 1.82) is 0 Å². The number of piperidine rings is 1. The van der Waals surface area contributed by atoms with E-state index in [1.165, 1.54) is 9.62 Å². The van der Waals surface area contributed by atoms with Gasteiger partial charge in [-0.25, -0.2) is 17.8 Å². The van der Waals surface area contributed by atoms with Gasteiger partial charge in [-0.15, -0.1) is 11.3 Å². The molecule has 2 aromatic rings. The Kier molecular flexibility index (Phi) is 10.7. The molecule has 1 aromatic carbocycles. The van der Waals surface area contributed by atoms with Crippen LogP contribution in [0.3, 0.4) is 0 Å². The van der Waals surface area contributed by atoms with E-state index in [1.807, 2.05) is 0 Å². The lowest BCUT2D eigenvalue weighted by Crippen LogP contribution is -2.43. The number of halogens is 6. The van der Waals surface area contributed by atoms with Crippen LogP contribution in [-0.2, 0) is 14.8 Å². The van der Waals surface area contributed by atoms with Gasteiger partial charge >= 0.3 is 6.18 Å². The first-order valence-electron chi connectivity index (χ1n) is 12.9. The van der Waals surface area contributed by atoms with Gasteiger partial charge < -0.3 is 16.0 Å². The summed E-state index contributed by atoms with van der Waals surface area (Å²) in [6.07, 6.45) is -5.56. The number of alkyl halides is 4. The van der Waals surface area contributed by atoms with Crippen molar-refractivity contribution in [2.45, 2.75) is 63.3 Å². The van der Waals surface area contributed by atoms with Crippen LogP contribution in [0.5, 0.6) is 0 Å². The van der Waals surface area contributed by atoms with Crippen molar-refractivity contribution < 1.29 is 40.4 Å². The number of nitrogens with zero attached hydrogens (tertiary/aromatic N) is 2. The summed E-state index contributed by atoms with van der Waals surface area (Å²) in [5, 5.41) is 1.38. The van der Waals surface area contributed by atoms with E-state index in [-0.39, 0.29) is 60.0 Å². The van der Waals surface area contributed by atoms with Gasteiger partial charge in [0, 0.05) is 30.6 Å². The highest BCUT2D eigenvalue weighted by atomic mass is 35.5. The average Bonchev–Trinajstić information content (AvgIpc) is 3.34. The molecule has 1 aliphatic heterocycles. The molecule has 238 valence electrons. The van der Waals surface area contributed by atoms with Crippen molar-refractivity contribution in [1.82, 2.24) is 19.9 Å². The number of rotatable bonds is 10. The van der Waals surface area contributed by atoms with E-state index in [0.29, 0.717) is 6.92 Å². The van der Waals surface area contributed by atoms with Gasteiger partial charge in [0.1, 0.15) is 22.8 Å². The molecule has 1 fully saturated rings. The molecule has 0 unspecified atom stereocenters. The molecule has 3 amide bonds. The Bertz CT molecular complexity index is 1510. The molecule has 0 spiro atoms. The predicted octanol–water partition coefficient (Wildman–Crippen LogP) is 4.55. The van der Waals surface area contributed by atoms with Crippen LogP contribution >= 0.6 is 34.5 Å². The Morgan fingerprint density at radius 3 is 2.33 bits per heavy atom. The summed E-state index contributed by atoms with van der Waals surface area (Å²) < 4.78 is 79.6. The van der Waals surface area contributed by atoms with E-state index >= 15 is 0 Å². The van der Waals surface area contributed by atoms with Crippen LogP contribution in [0, 0.1) is 5.41 Å². The molecule has 1 atom stereocenters. The second-order valence-electron chi connectivity index (χ2n) is 10.5. The first-order chi connectivity index (χ1) is 19.8. The summed E-state index contributed by atoms with van der Waals surface area (Å²) in [4.78, 5) is 42.9. The molecule has 1 aliphatic rings. The number of amides is 3. The van der Waals surface area contributed by atoms with E-state index in [1.54, 1.807) is 13.8 Å². The second kappa shape index (κ2) is 13.2. The quantitative estimate of drug-likeness (QED) is 0.311. The van der Waals surface area contributed by atoms with Gasteiger partial charge in [-0.05, 0) is 32.3 Å². The van der Waals surface area contributed by atoms with Crippen LogP contribution in [0.15, 0.2) is 17.0 Å². The lowest BCUT2D eigenvalue weighted by atomic mass is 9.89. The summed E-state index contributed by atoms with van der Waals surface area (Å²) in [6.45, 7) is 4.03. The van der Waals surface area contributed by atoms with E-state index in [9.17, 15) is 40.4 Å². The molecule has 0 aliphatic carbocycles. The Balaban J connectivity index is 2.02. The average molecular weight is 691 g/mol. The third kappa shape index (κ3) is 8.15. The molecule has 18 heteroatoms. The zero-order valence-corrected chi connectivity index (χ0v) is 26.3. The van der Waals surface area contributed by atoms with Crippen LogP contribution < -0.4 is 15.8 Å². The minimum atomic E-state index is -4.87. The Hall–Kier alpha value is -2.53. The topological polar surface area (TPSA) is 152 Å². The summed E-state index contributed by atoms with van der Waals surface area (Å²) >= 11 is 13.4. The molecule has 2 heterocycles. The van der Waals surface area contributed by atoms with Gasteiger partial charge in [-0.3, -0.25) is 14.4 Å². The standard InChI is InChI=1S/C25H29Cl2F4N5O5S2/c1-12(25(29,30)31)35-43(40,41)15-5-4-14(16(26)17(15)27)19-18(22(38)36-10-6-13(28)7-11-36)34-21(42-19)20(37)33-9-8-24(2,3)23(32)39/h4-5,12-13,35H,6-11H2,1-3H3,(H2,32,39)(H,33,37)/t12-/m0/s1. The molecule has 10 nitrogen and oxygen atoms in total. The molecule has 3 rings (SSSR count). The summed E-state index contributed by atoms with van der Waals surface area (Å²) in [5.41, 5.74) is 4.21. The van der Waals surface area contributed by atoms with Crippen molar-refractivity contribution in [3.63, 3.8) is 0 Å². The zero-order chi connectivity index (χ0) is 32.5. The zero-order valence-electron chi connectivity index (χ0n) is 23.1. The molecule has 1 saturated heterocycles. The lowest BCUT2D eigenvalue weighted by molar-refractivity contribution is -0.147. The van der Waals surface area contributed by atoms with Crippen molar-refractivity contribution in [2.24, 2.45) is 11.1 Å². The third-order valence-electron chi connectivity index (χ3n) is 6.84. The van der Waals surface area contributed by atoms with Gasteiger partial charge in [0.15, 0.2) is 5.01 Å². The minimum absolute atomic E-state index is 0.00961. The fourth-order valence-electron chi connectivity index (χ4n) is 3.91. The molecule has 0 radical (unpaired) electrons. The molecule has 43 heavy (non-hydrogen) atoms. The smallest absolute Gasteiger partial charge is 0.369 e. The minimum Gasteiger partial charge on any atom is -0.369 e. The van der Waals surface area contributed by atoms with E-state index < -0.39 is 66.5 Å². The van der Waals surface area contributed by atoms with Crippen LogP contribution in [0.2, 0.25) is 10.0 Å². The highest BCUT2D eigenvalue weighted by molar-refractivity contribution is 7.89. The largest absolute Gasteiger partial charge is 0.404 e. The number of thiazole rings is 1. The van der Waals surface area contributed by atoms with E-state index in [0.717, 1.165) is 23.5 Å². The van der Waals surface area contributed by atoms with Gasteiger partial charge in [-0.2, -0.15) is 17.9 Å². The highest BCUT2D eigenvalue weighted by Gasteiger charge is 2.40. The molecular formula is C25H29Cl2F4N5O5S2. The molecular weight excluding hydrogens is 661 g/mol. The fraction of sp³-hybridized carbons (Fsp3) is 0.520. The molecule has 4 N–H and O–H groups in total. The number of hydrogen-bond acceptors (Lipinski definition) is 7. The Morgan fingerprint density at radius 1 is 1.16 bits per heavy atom. The number of hydrogen-bond donors (Lipinski definition) is 3. The van der Waals surface area contributed by atoms with Gasteiger partial charge in [0.2, 0.25) is 15.9 Å². The fourth-order valence-corrected chi connectivity index (χ4v) is 7.07. The first-order valence-corrected chi connectivity index (χ1v) is 15.9. The first kappa shape index (κ1) is 35.0. The number of likely N-dealkylation sites (tertiary alicyclic amines) is 1. The maximum atomic E-state index is 13.7. The lowest BCUT2D eigenvalue weighted by Gasteiger charge is -2.28. The number of aromatic nitrogens is 1. The number of carbonyl (C=O) groups excluding carboxylic acids is 3. The maximum Gasteiger partial charge on any atom is 0.404 e. The van der Waals surface area contributed by atoms with E-state index in [2.05, 4.69) is 10.3 Å². The van der Waals surface area contributed by atoms with Crippen LogP contribution in [0.1, 0.15) is 60.3 Å². The normalized spacial score (nSPS) is 15.8. The third-order valence-corrected chi connectivity index (χ3v) is 10.5. The predicted molar refractivity (Wildman–Crippen MR) is 153 cm³/mol. The van der Waals surface area contributed by atoms with Crippen molar-refractivity contribution in [3.8, 4) is 10.4 Å². The van der Waals surface area contributed by atoms with Crippen molar-refractivity contribution >= 4 is 62.3 Å². The van der Waals surface area contributed by atoms with Crippen molar-refractivity contribution in [3.05, 3.63) is 32.9 Å². The number of nitrogens with two attached hydrogens (primary N) is 1. The van der Waals surface area contributed by atoms with Crippen LogP contribution in [0.4, 0.5) is 17.6 Å². The van der Waals surface area contributed by atoms with Gasteiger partial charge in [-0.1, -0.05) is 43.1 Å². The molecule has 0 saturated carbocycles. The monoisotopic (exact) mass is 689 g/mol. The van der Waals surface area contributed by atoms with Crippen LogP contribution in [-0.4, -0.2) is 74.0 Å². The Labute approximate surface area is 259 Å².